The highest BCUT2D eigenvalue weighted by Gasteiger charge is 2.41. The van der Waals surface area contributed by atoms with Crippen molar-refractivity contribution in [1.29, 1.82) is 0 Å². The van der Waals surface area contributed by atoms with E-state index in [2.05, 4.69) is 43.3 Å². The molecule has 2 N–H and O–H groups in total. The van der Waals surface area contributed by atoms with E-state index in [9.17, 15) is 4.79 Å². The van der Waals surface area contributed by atoms with E-state index in [1.54, 1.807) is 13.3 Å². The lowest BCUT2D eigenvalue weighted by molar-refractivity contribution is -0.116. The monoisotopic (exact) mass is 497 g/mol. The fourth-order valence-corrected chi connectivity index (χ4v) is 4.94. The molecule has 7 nitrogen and oxygen atoms in total. The predicted octanol–water partition coefficient (Wildman–Crippen LogP) is 4.88. The number of para-hydroxylation sites is 3. The van der Waals surface area contributed by atoms with E-state index in [1.165, 1.54) is 0 Å². The van der Waals surface area contributed by atoms with Crippen LogP contribution in [0.2, 0.25) is 0 Å². The van der Waals surface area contributed by atoms with E-state index in [0.717, 1.165) is 17.1 Å². The van der Waals surface area contributed by atoms with E-state index in [-0.39, 0.29) is 24.4 Å². The van der Waals surface area contributed by atoms with Gasteiger partial charge in [-0.25, -0.2) is 0 Å². The van der Waals surface area contributed by atoms with Crippen LogP contribution >= 0.6 is 12.2 Å². The second-order valence-corrected chi connectivity index (χ2v) is 8.84. The van der Waals surface area contributed by atoms with Crippen LogP contribution in [-0.4, -0.2) is 39.1 Å². The fourth-order valence-electron chi connectivity index (χ4n) is 4.61. The standard InChI is InChI=1S/C28H27N5O2S/c1-35-24-15-6-5-12-21(24)30-25(34)16-19-33-27(26(31-28(33)36)22-13-7-8-17-29-22)23-14-9-18-32(23)20-10-3-2-4-11-20/h2-15,17-18,26-27H,16,19H2,1H3,(H,30,34)(H,31,36)/t26-,27+/m0/s1. The van der Waals surface area contributed by atoms with Crippen LogP contribution in [0.1, 0.15) is 29.9 Å². The highest BCUT2D eigenvalue weighted by atomic mass is 32.1. The number of anilines is 1. The molecule has 0 aliphatic carbocycles. The SMILES string of the molecule is COc1ccccc1NC(=O)CCN1C(=S)N[C@@H](c2ccccn2)[C@H]1c1cccn1-c1ccccc1. The van der Waals surface area contributed by atoms with E-state index in [1.807, 2.05) is 72.9 Å². The average Bonchev–Trinajstić information content (AvgIpc) is 3.53. The Balaban J connectivity index is 1.43. The number of pyridine rings is 1. The number of hydrogen-bond donors (Lipinski definition) is 2. The Kier molecular flexibility index (Phi) is 6.95. The van der Waals surface area contributed by atoms with Gasteiger partial charge in [0.05, 0.1) is 30.6 Å². The summed E-state index contributed by atoms with van der Waals surface area (Å²) in [5.74, 6) is 0.513. The molecule has 0 unspecified atom stereocenters. The minimum Gasteiger partial charge on any atom is -0.495 e. The molecule has 36 heavy (non-hydrogen) atoms. The normalized spacial score (nSPS) is 17.0. The summed E-state index contributed by atoms with van der Waals surface area (Å²) in [5, 5.41) is 7.02. The molecule has 1 amide bonds. The zero-order chi connectivity index (χ0) is 24.9. The number of amides is 1. The molecular weight excluding hydrogens is 470 g/mol. The van der Waals surface area contributed by atoms with Crippen LogP contribution in [0.5, 0.6) is 5.75 Å². The molecule has 2 aromatic heterocycles. The van der Waals surface area contributed by atoms with Crippen molar-refractivity contribution in [2.24, 2.45) is 0 Å². The Bertz CT molecular complexity index is 1340. The fraction of sp³-hybridized carbons (Fsp3) is 0.179. The number of hydrogen-bond acceptors (Lipinski definition) is 4. The number of carbonyl (C=O) groups is 1. The molecule has 2 atom stereocenters. The van der Waals surface area contributed by atoms with E-state index >= 15 is 0 Å². The van der Waals surface area contributed by atoms with Crippen molar-refractivity contribution in [2.75, 3.05) is 19.0 Å². The molecule has 3 heterocycles. The maximum Gasteiger partial charge on any atom is 0.226 e. The second-order valence-electron chi connectivity index (χ2n) is 8.46. The first kappa shape index (κ1) is 23.6. The van der Waals surface area contributed by atoms with Crippen molar-refractivity contribution in [1.82, 2.24) is 19.8 Å². The van der Waals surface area contributed by atoms with Crippen LogP contribution in [0.15, 0.2) is 97.3 Å². The van der Waals surface area contributed by atoms with E-state index < -0.39 is 0 Å². The molecule has 1 aliphatic rings. The summed E-state index contributed by atoms with van der Waals surface area (Å²) in [7, 11) is 1.59. The number of ether oxygens (including phenoxy) is 1. The number of nitrogens with one attached hydrogen (secondary N) is 2. The lowest BCUT2D eigenvalue weighted by Gasteiger charge is -2.29. The zero-order valence-corrected chi connectivity index (χ0v) is 20.7. The van der Waals surface area contributed by atoms with Gasteiger partial charge in [-0.2, -0.15) is 0 Å². The number of aromatic nitrogens is 2. The van der Waals surface area contributed by atoms with Gasteiger partial charge in [0, 0.05) is 36.7 Å². The summed E-state index contributed by atoms with van der Waals surface area (Å²) in [6.45, 7) is 0.445. The molecule has 2 aromatic carbocycles. The third kappa shape index (κ3) is 4.81. The molecule has 1 aliphatic heterocycles. The van der Waals surface area contributed by atoms with Gasteiger partial charge in [0.15, 0.2) is 5.11 Å². The summed E-state index contributed by atoms with van der Waals surface area (Å²) in [4.78, 5) is 19.6. The van der Waals surface area contributed by atoms with Crippen LogP contribution in [-0.2, 0) is 4.79 Å². The summed E-state index contributed by atoms with van der Waals surface area (Å²) < 4.78 is 7.52. The lowest BCUT2D eigenvalue weighted by atomic mass is 10.0. The van der Waals surface area contributed by atoms with Crippen molar-refractivity contribution >= 4 is 28.9 Å². The highest BCUT2D eigenvalue weighted by molar-refractivity contribution is 7.80. The molecule has 182 valence electrons. The molecule has 0 radical (unpaired) electrons. The number of thiocarbonyl (C=S) groups is 1. The highest BCUT2D eigenvalue weighted by Crippen LogP contribution is 2.39. The zero-order valence-electron chi connectivity index (χ0n) is 19.9. The van der Waals surface area contributed by atoms with Gasteiger partial charge in [0.25, 0.3) is 0 Å². The first-order valence-corrected chi connectivity index (χ1v) is 12.2. The van der Waals surface area contributed by atoms with Crippen LogP contribution in [0.25, 0.3) is 5.69 Å². The third-order valence-electron chi connectivity index (χ3n) is 6.28. The van der Waals surface area contributed by atoms with Crippen LogP contribution in [0, 0.1) is 0 Å². The summed E-state index contributed by atoms with van der Waals surface area (Å²) in [5.41, 5.74) is 3.66. The van der Waals surface area contributed by atoms with Gasteiger partial charge in [-0.05, 0) is 60.7 Å². The van der Waals surface area contributed by atoms with E-state index in [4.69, 9.17) is 17.0 Å². The number of rotatable bonds is 8. The number of benzene rings is 2. The summed E-state index contributed by atoms with van der Waals surface area (Å²) in [6, 6.07) is 27.3. The van der Waals surface area contributed by atoms with Crippen molar-refractivity contribution in [3.63, 3.8) is 0 Å². The molecule has 1 saturated heterocycles. The van der Waals surface area contributed by atoms with Crippen LogP contribution in [0.3, 0.4) is 0 Å². The minimum absolute atomic E-state index is 0.110. The summed E-state index contributed by atoms with van der Waals surface area (Å²) in [6.07, 6.45) is 4.10. The van der Waals surface area contributed by atoms with Crippen molar-refractivity contribution in [3.8, 4) is 11.4 Å². The van der Waals surface area contributed by atoms with Gasteiger partial charge in [-0.1, -0.05) is 36.4 Å². The minimum atomic E-state index is -0.159. The Morgan fingerprint density at radius 1 is 1.03 bits per heavy atom. The Hall–Kier alpha value is -4.17. The largest absolute Gasteiger partial charge is 0.495 e. The Labute approximate surface area is 215 Å². The van der Waals surface area contributed by atoms with E-state index in [0.29, 0.717) is 23.1 Å². The van der Waals surface area contributed by atoms with Crippen molar-refractivity contribution < 1.29 is 9.53 Å². The molecule has 0 spiro atoms. The first-order valence-electron chi connectivity index (χ1n) is 11.8. The third-order valence-corrected chi connectivity index (χ3v) is 6.63. The van der Waals surface area contributed by atoms with Gasteiger partial charge in [0.2, 0.25) is 5.91 Å². The van der Waals surface area contributed by atoms with Crippen molar-refractivity contribution in [2.45, 2.75) is 18.5 Å². The van der Waals surface area contributed by atoms with Crippen LogP contribution in [0.4, 0.5) is 5.69 Å². The lowest BCUT2D eigenvalue weighted by Crippen LogP contribution is -2.33. The topological polar surface area (TPSA) is 71.4 Å². The summed E-state index contributed by atoms with van der Waals surface area (Å²) >= 11 is 5.78. The molecule has 0 saturated carbocycles. The van der Waals surface area contributed by atoms with Crippen LogP contribution < -0.4 is 15.4 Å². The quantitative estimate of drug-likeness (QED) is 0.338. The molecule has 0 bridgehead atoms. The van der Waals surface area contributed by atoms with Gasteiger partial charge in [0.1, 0.15) is 5.75 Å². The number of carbonyl (C=O) groups excluding carboxylic acids is 1. The molecule has 8 heteroatoms. The van der Waals surface area contributed by atoms with Gasteiger partial charge in [-0.3, -0.25) is 9.78 Å². The maximum absolute atomic E-state index is 12.9. The van der Waals surface area contributed by atoms with Gasteiger partial charge < -0.3 is 24.8 Å². The smallest absolute Gasteiger partial charge is 0.226 e. The van der Waals surface area contributed by atoms with Crippen molar-refractivity contribution in [3.05, 3.63) is 109 Å². The Morgan fingerprint density at radius 2 is 1.81 bits per heavy atom. The number of methoxy groups -OCH3 is 1. The van der Waals surface area contributed by atoms with Gasteiger partial charge in [-0.15, -0.1) is 0 Å². The molecular formula is C28H27N5O2S. The average molecular weight is 498 g/mol. The number of nitrogens with zero attached hydrogens (tertiary/aromatic N) is 3. The Morgan fingerprint density at radius 3 is 2.58 bits per heavy atom. The predicted molar refractivity (Wildman–Crippen MR) is 144 cm³/mol. The molecule has 4 aromatic rings. The van der Waals surface area contributed by atoms with Gasteiger partial charge >= 0.3 is 0 Å². The second kappa shape index (κ2) is 10.6. The molecule has 5 rings (SSSR count). The first-order chi connectivity index (χ1) is 17.7. The molecule has 1 fully saturated rings. The maximum atomic E-state index is 12.9.